The van der Waals surface area contributed by atoms with Crippen molar-refractivity contribution in [2.75, 3.05) is 0 Å². The van der Waals surface area contributed by atoms with Crippen LogP contribution in [0.5, 0.6) is 0 Å². The molecule has 1 nitrogen and oxygen atoms in total. The Morgan fingerprint density at radius 3 is 1.82 bits per heavy atom. The van der Waals surface area contributed by atoms with Crippen molar-refractivity contribution in [3.8, 4) is 0 Å². The van der Waals surface area contributed by atoms with E-state index in [0.29, 0.717) is 6.04 Å². The van der Waals surface area contributed by atoms with Gasteiger partial charge < -0.3 is 5.73 Å². The van der Waals surface area contributed by atoms with Gasteiger partial charge in [-0.3, -0.25) is 0 Å². The molecule has 0 atom stereocenters. The normalized spacial score (nSPS) is 33.8. The van der Waals surface area contributed by atoms with E-state index < -0.39 is 3.79 Å². The van der Waals surface area contributed by atoms with Crippen LogP contribution in [0.4, 0.5) is 0 Å². The lowest BCUT2D eigenvalue weighted by Gasteiger charge is -2.30. The van der Waals surface area contributed by atoms with Crippen LogP contribution < -0.4 is 5.73 Å². The molecular formula is C7H12Cl3N. The van der Waals surface area contributed by atoms with Gasteiger partial charge in [0, 0.05) is 12.0 Å². The SMILES string of the molecule is NC1CCC(C(Cl)(Cl)Cl)CC1. The Bertz CT molecular complexity index is 124. The average molecular weight is 217 g/mol. The van der Waals surface area contributed by atoms with Crippen LogP contribution in [0.2, 0.25) is 0 Å². The van der Waals surface area contributed by atoms with E-state index in [-0.39, 0.29) is 5.92 Å². The fourth-order valence-electron chi connectivity index (χ4n) is 1.45. The van der Waals surface area contributed by atoms with Crippen LogP contribution in [0.1, 0.15) is 25.7 Å². The van der Waals surface area contributed by atoms with Gasteiger partial charge in [0.05, 0.1) is 0 Å². The first-order chi connectivity index (χ1) is 5.00. The first-order valence-corrected chi connectivity index (χ1v) is 4.96. The van der Waals surface area contributed by atoms with Crippen molar-refractivity contribution < 1.29 is 0 Å². The second-order valence-corrected chi connectivity index (χ2v) is 5.52. The monoisotopic (exact) mass is 215 g/mol. The summed E-state index contributed by atoms with van der Waals surface area (Å²) in [5.74, 6) is 0.201. The number of rotatable bonds is 0. The molecule has 4 heteroatoms. The highest BCUT2D eigenvalue weighted by Gasteiger charge is 2.34. The van der Waals surface area contributed by atoms with Crippen LogP contribution in [0.15, 0.2) is 0 Å². The first-order valence-electron chi connectivity index (χ1n) is 3.82. The van der Waals surface area contributed by atoms with Gasteiger partial charge in [-0.2, -0.15) is 0 Å². The molecule has 0 amide bonds. The van der Waals surface area contributed by atoms with Gasteiger partial charge in [-0.25, -0.2) is 0 Å². The summed E-state index contributed by atoms with van der Waals surface area (Å²) in [6.07, 6.45) is 3.85. The molecule has 0 aromatic rings. The Labute approximate surface area is 82.2 Å². The number of nitrogens with two attached hydrogens (primary N) is 1. The summed E-state index contributed by atoms with van der Waals surface area (Å²) in [7, 11) is 0. The maximum absolute atomic E-state index is 5.75. The van der Waals surface area contributed by atoms with Gasteiger partial charge in [0.15, 0.2) is 3.79 Å². The van der Waals surface area contributed by atoms with Gasteiger partial charge in [0.25, 0.3) is 0 Å². The maximum atomic E-state index is 5.75. The first kappa shape index (κ1) is 9.91. The van der Waals surface area contributed by atoms with Crippen molar-refractivity contribution in [2.24, 2.45) is 11.7 Å². The highest BCUT2D eigenvalue weighted by atomic mass is 35.6. The largest absolute Gasteiger partial charge is 0.328 e. The summed E-state index contributed by atoms with van der Waals surface area (Å²) >= 11 is 17.2. The molecule has 11 heavy (non-hydrogen) atoms. The van der Waals surface area contributed by atoms with Crippen molar-refractivity contribution in [1.82, 2.24) is 0 Å². The van der Waals surface area contributed by atoms with Crippen LogP contribution >= 0.6 is 34.8 Å². The molecule has 0 aromatic heterocycles. The molecule has 0 saturated heterocycles. The van der Waals surface area contributed by atoms with E-state index in [2.05, 4.69) is 0 Å². The molecule has 0 spiro atoms. The van der Waals surface area contributed by atoms with Gasteiger partial charge in [-0.1, -0.05) is 34.8 Å². The summed E-state index contributed by atoms with van der Waals surface area (Å²) in [5.41, 5.74) is 5.71. The quantitative estimate of drug-likeness (QED) is 0.619. The Morgan fingerprint density at radius 1 is 1.00 bits per heavy atom. The topological polar surface area (TPSA) is 26.0 Å². The molecule has 0 aliphatic heterocycles. The van der Waals surface area contributed by atoms with E-state index in [9.17, 15) is 0 Å². The molecule has 0 unspecified atom stereocenters. The van der Waals surface area contributed by atoms with Crippen molar-refractivity contribution in [3.63, 3.8) is 0 Å². The highest BCUT2D eigenvalue weighted by molar-refractivity contribution is 6.67. The van der Waals surface area contributed by atoms with Gasteiger partial charge in [0.1, 0.15) is 0 Å². The molecule has 0 heterocycles. The molecule has 1 fully saturated rings. The summed E-state index contributed by atoms with van der Waals surface area (Å²) in [6, 6.07) is 0.318. The third kappa shape index (κ3) is 2.98. The Hall–Kier alpha value is 0.830. The smallest absolute Gasteiger partial charge is 0.193 e. The van der Waals surface area contributed by atoms with Crippen LogP contribution in [0, 0.1) is 5.92 Å². The van der Waals surface area contributed by atoms with E-state index in [1.165, 1.54) is 0 Å². The Balaban J connectivity index is 2.39. The fraction of sp³-hybridized carbons (Fsp3) is 1.00. The number of alkyl halides is 3. The fourth-order valence-corrected chi connectivity index (χ4v) is 2.10. The van der Waals surface area contributed by atoms with Crippen molar-refractivity contribution >= 4 is 34.8 Å². The van der Waals surface area contributed by atoms with Crippen LogP contribution in [-0.2, 0) is 0 Å². The van der Waals surface area contributed by atoms with Crippen LogP contribution in [-0.4, -0.2) is 9.83 Å². The summed E-state index contributed by atoms with van der Waals surface area (Å²) in [5, 5.41) is 0. The second-order valence-electron chi connectivity index (χ2n) is 3.15. The standard InChI is InChI=1S/C7H12Cl3N/c8-7(9,10)5-1-3-6(11)4-2-5/h5-6H,1-4,11H2. The zero-order chi connectivity index (χ0) is 8.48. The minimum atomic E-state index is -1.08. The van der Waals surface area contributed by atoms with E-state index in [1.54, 1.807) is 0 Å². The summed E-state index contributed by atoms with van der Waals surface area (Å²) in [4.78, 5) is 0. The molecular weight excluding hydrogens is 204 g/mol. The van der Waals surface area contributed by atoms with Crippen molar-refractivity contribution in [2.45, 2.75) is 35.5 Å². The van der Waals surface area contributed by atoms with E-state index in [0.717, 1.165) is 25.7 Å². The molecule has 1 aliphatic rings. The predicted octanol–water partition coefficient (Wildman–Crippen LogP) is 2.87. The third-order valence-electron chi connectivity index (χ3n) is 2.23. The molecule has 0 radical (unpaired) electrons. The number of halogens is 3. The summed E-state index contributed by atoms with van der Waals surface area (Å²) < 4.78 is -1.08. The lowest BCUT2D eigenvalue weighted by molar-refractivity contribution is 0.330. The minimum absolute atomic E-state index is 0.201. The van der Waals surface area contributed by atoms with Crippen LogP contribution in [0.25, 0.3) is 0 Å². The van der Waals surface area contributed by atoms with Gasteiger partial charge >= 0.3 is 0 Å². The Morgan fingerprint density at radius 2 is 1.45 bits per heavy atom. The zero-order valence-electron chi connectivity index (χ0n) is 6.19. The lowest BCUT2D eigenvalue weighted by Crippen LogP contribution is -2.31. The third-order valence-corrected chi connectivity index (χ3v) is 3.16. The molecule has 2 N–H and O–H groups in total. The minimum Gasteiger partial charge on any atom is -0.328 e. The maximum Gasteiger partial charge on any atom is 0.193 e. The molecule has 1 saturated carbocycles. The van der Waals surface area contributed by atoms with Gasteiger partial charge in [-0.05, 0) is 25.7 Å². The predicted molar refractivity (Wildman–Crippen MR) is 50.2 cm³/mol. The highest BCUT2D eigenvalue weighted by Crippen LogP contribution is 2.42. The molecule has 1 rings (SSSR count). The summed E-state index contributed by atoms with van der Waals surface area (Å²) in [6.45, 7) is 0. The average Bonchev–Trinajstić information content (AvgIpc) is 1.86. The van der Waals surface area contributed by atoms with E-state index >= 15 is 0 Å². The second kappa shape index (κ2) is 3.69. The molecule has 0 aromatic carbocycles. The van der Waals surface area contributed by atoms with Gasteiger partial charge in [-0.15, -0.1) is 0 Å². The van der Waals surface area contributed by atoms with E-state index in [4.69, 9.17) is 40.5 Å². The number of hydrogen-bond acceptors (Lipinski definition) is 1. The molecule has 66 valence electrons. The van der Waals surface area contributed by atoms with Crippen LogP contribution in [0.3, 0.4) is 0 Å². The van der Waals surface area contributed by atoms with Crippen molar-refractivity contribution in [1.29, 1.82) is 0 Å². The lowest BCUT2D eigenvalue weighted by atomic mass is 9.87. The Kier molecular flexibility index (Phi) is 3.33. The molecule has 0 bridgehead atoms. The molecule has 1 aliphatic carbocycles. The van der Waals surface area contributed by atoms with Crippen molar-refractivity contribution in [3.05, 3.63) is 0 Å². The van der Waals surface area contributed by atoms with Gasteiger partial charge in [0.2, 0.25) is 0 Å². The van der Waals surface area contributed by atoms with E-state index in [1.807, 2.05) is 0 Å². The zero-order valence-corrected chi connectivity index (χ0v) is 8.46. The number of hydrogen-bond donors (Lipinski definition) is 1.